The van der Waals surface area contributed by atoms with Crippen LogP contribution in [0.15, 0.2) is 18.2 Å². The smallest absolute Gasteiger partial charge is 0.335 e. The summed E-state index contributed by atoms with van der Waals surface area (Å²) in [5.41, 5.74) is 0.0154. The van der Waals surface area contributed by atoms with Crippen molar-refractivity contribution in [1.29, 1.82) is 0 Å². The topological polar surface area (TPSA) is 89.9 Å². The number of hydrogen-bond donors (Lipinski definition) is 3. The standard InChI is InChI=1S/C12H13ClF2N2O4/c13-8-5-7(11(19)20)1-2-9(8)16-12(21)17(3-4-18)6-10(14)15/h1-2,5,10,18H,3-4,6H2,(H,16,21)(H,19,20). The van der Waals surface area contributed by atoms with Crippen molar-refractivity contribution in [2.45, 2.75) is 6.43 Å². The molecule has 0 spiro atoms. The van der Waals surface area contributed by atoms with Gasteiger partial charge in [0.25, 0.3) is 6.43 Å². The Kier molecular flexibility index (Phi) is 6.32. The second kappa shape index (κ2) is 7.75. The number of aliphatic hydroxyl groups is 1. The van der Waals surface area contributed by atoms with Gasteiger partial charge in [-0.15, -0.1) is 0 Å². The van der Waals surface area contributed by atoms with Crippen LogP contribution in [-0.2, 0) is 0 Å². The molecule has 0 saturated carbocycles. The van der Waals surface area contributed by atoms with Gasteiger partial charge in [0, 0.05) is 6.54 Å². The van der Waals surface area contributed by atoms with Crippen LogP contribution < -0.4 is 5.32 Å². The van der Waals surface area contributed by atoms with Crippen molar-refractivity contribution in [3.63, 3.8) is 0 Å². The first kappa shape index (κ1) is 17.1. The van der Waals surface area contributed by atoms with Crippen molar-refractivity contribution < 1.29 is 28.6 Å². The van der Waals surface area contributed by atoms with E-state index in [1.807, 2.05) is 0 Å². The third-order valence-corrected chi connectivity index (χ3v) is 2.79. The zero-order valence-corrected chi connectivity index (χ0v) is 11.5. The van der Waals surface area contributed by atoms with Crippen molar-refractivity contribution in [3.8, 4) is 0 Å². The van der Waals surface area contributed by atoms with Gasteiger partial charge < -0.3 is 20.4 Å². The number of aliphatic hydroxyl groups excluding tert-OH is 1. The number of nitrogens with one attached hydrogen (secondary N) is 1. The van der Waals surface area contributed by atoms with Crippen LogP contribution in [0.25, 0.3) is 0 Å². The van der Waals surface area contributed by atoms with Gasteiger partial charge in [-0.25, -0.2) is 18.4 Å². The van der Waals surface area contributed by atoms with Gasteiger partial charge >= 0.3 is 12.0 Å². The molecule has 0 saturated heterocycles. The molecule has 0 atom stereocenters. The van der Waals surface area contributed by atoms with Gasteiger partial charge in [-0.2, -0.15) is 0 Å². The van der Waals surface area contributed by atoms with Crippen LogP contribution in [0.4, 0.5) is 19.3 Å². The summed E-state index contributed by atoms with van der Waals surface area (Å²) >= 11 is 5.81. The molecule has 2 amide bonds. The molecule has 0 aliphatic heterocycles. The highest BCUT2D eigenvalue weighted by molar-refractivity contribution is 6.34. The predicted molar refractivity (Wildman–Crippen MR) is 72.1 cm³/mol. The van der Waals surface area contributed by atoms with Gasteiger partial charge in [0.05, 0.1) is 29.4 Å². The van der Waals surface area contributed by atoms with Crippen LogP contribution in [0, 0.1) is 0 Å². The number of carbonyl (C=O) groups excluding carboxylic acids is 1. The van der Waals surface area contributed by atoms with Crippen LogP contribution in [0.1, 0.15) is 10.4 Å². The van der Waals surface area contributed by atoms with Gasteiger partial charge in [0.1, 0.15) is 0 Å². The second-order valence-electron chi connectivity index (χ2n) is 3.99. The number of alkyl halides is 2. The van der Waals surface area contributed by atoms with Crippen molar-refractivity contribution in [2.75, 3.05) is 25.0 Å². The molecule has 1 aromatic carbocycles. The summed E-state index contributed by atoms with van der Waals surface area (Å²) in [5.74, 6) is -1.19. The minimum atomic E-state index is -2.74. The van der Waals surface area contributed by atoms with Gasteiger partial charge in [-0.1, -0.05) is 11.6 Å². The maximum absolute atomic E-state index is 12.3. The zero-order valence-electron chi connectivity index (χ0n) is 10.7. The molecule has 6 nitrogen and oxygen atoms in total. The molecule has 0 aromatic heterocycles. The second-order valence-corrected chi connectivity index (χ2v) is 4.40. The molecule has 0 radical (unpaired) electrons. The molecule has 21 heavy (non-hydrogen) atoms. The Hall–Kier alpha value is -1.93. The fourth-order valence-electron chi connectivity index (χ4n) is 1.51. The van der Waals surface area contributed by atoms with Crippen molar-refractivity contribution in [2.24, 2.45) is 0 Å². The molecule has 0 heterocycles. The van der Waals surface area contributed by atoms with E-state index in [0.29, 0.717) is 0 Å². The van der Waals surface area contributed by atoms with E-state index in [-0.39, 0.29) is 22.8 Å². The quantitative estimate of drug-likeness (QED) is 0.748. The highest BCUT2D eigenvalue weighted by Gasteiger charge is 2.19. The number of carboxylic acids is 1. The lowest BCUT2D eigenvalue weighted by molar-refractivity contribution is 0.0696. The Labute approximate surface area is 123 Å². The third-order valence-electron chi connectivity index (χ3n) is 2.47. The third kappa shape index (κ3) is 5.16. The van der Waals surface area contributed by atoms with E-state index in [9.17, 15) is 18.4 Å². The number of nitrogens with zero attached hydrogens (tertiary/aromatic N) is 1. The Morgan fingerprint density at radius 3 is 2.52 bits per heavy atom. The van der Waals surface area contributed by atoms with Crippen LogP contribution >= 0.6 is 11.6 Å². The number of rotatable bonds is 6. The molecule has 0 unspecified atom stereocenters. The van der Waals surface area contributed by atoms with Crippen molar-refractivity contribution in [1.82, 2.24) is 4.90 Å². The van der Waals surface area contributed by atoms with Gasteiger partial charge in [0.2, 0.25) is 0 Å². The van der Waals surface area contributed by atoms with Crippen LogP contribution in [0.3, 0.4) is 0 Å². The number of benzene rings is 1. The van der Waals surface area contributed by atoms with E-state index in [2.05, 4.69) is 5.32 Å². The Morgan fingerprint density at radius 1 is 1.38 bits per heavy atom. The molecule has 0 aliphatic rings. The first-order valence-corrected chi connectivity index (χ1v) is 6.20. The lowest BCUT2D eigenvalue weighted by atomic mass is 10.2. The number of halogens is 3. The lowest BCUT2D eigenvalue weighted by Crippen LogP contribution is -2.40. The monoisotopic (exact) mass is 322 g/mol. The van der Waals surface area contributed by atoms with E-state index in [1.54, 1.807) is 0 Å². The number of anilines is 1. The SMILES string of the molecule is O=C(O)c1ccc(NC(=O)N(CCO)CC(F)F)c(Cl)c1. The molecule has 9 heteroatoms. The highest BCUT2D eigenvalue weighted by atomic mass is 35.5. The fourth-order valence-corrected chi connectivity index (χ4v) is 1.73. The largest absolute Gasteiger partial charge is 0.478 e. The number of amides is 2. The average molecular weight is 323 g/mol. The summed E-state index contributed by atoms with van der Waals surface area (Å²) in [6.07, 6.45) is -2.74. The maximum Gasteiger partial charge on any atom is 0.335 e. The average Bonchev–Trinajstić information content (AvgIpc) is 2.39. The van der Waals surface area contributed by atoms with E-state index in [0.717, 1.165) is 11.0 Å². The summed E-state index contributed by atoms with van der Waals surface area (Å²) in [7, 11) is 0. The minimum Gasteiger partial charge on any atom is -0.478 e. The van der Waals surface area contributed by atoms with E-state index < -0.39 is 31.6 Å². The first-order valence-electron chi connectivity index (χ1n) is 5.83. The minimum absolute atomic E-state index is 0.0377. The normalized spacial score (nSPS) is 10.5. The zero-order chi connectivity index (χ0) is 16.0. The molecular formula is C12H13ClF2N2O4. The molecule has 1 aromatic rings. The summed E-state index contributed by atoms with van der Waals surface area (Å²) < 4.78 is 24.7. The Morgan fingerprint density at radius 2 is 2.05 bits per heavy atom. The summed E-state index contributed by atoms with van der Waals surface area (Å²) in [4.78, 5) is 23.3. The van der Waals surface area contributed by atoms with E-state index in [1.165, 1.54) is 12.1 Å². The summed E-state index contributed by atoms with van der Waals surface area (Å²) in [5, 5.41) is 19.8. The van der Waals surface area contributed by atoms with Crippen LogP contribution in [0.2, 0.25) is 5.02 Å². The fraction of sp³-hybridized carbons (Fsp3) is 0.333. The number of carbonyl (C=O) groups is 2. The number of carboxylic acid groups (broad SMARTS) is 1. The van der Waals surface area contributed by atoms with Gasteiger partial charge in [-0.3, -0.25) is 0 Å². The molecule has 1 rings (SSSR count). The van der Waals surface area contributed by atoms with E-state index >= 15 is 0 Å². The summed E-state index contributed by atoms with van der Waals surface area (Å²) in [6.45, 7) is -1.57. The molecule has 116 valence electrons. The molecule has 0 aliphatic carbocycles. The Bertz CT molecular complexity index is 528. The lowest BCUT2D eigenvalue weighted by Gasteiger charge is -2.22. The number of hydrogen-bond acceptors (Lipinski definition) is 3. The van der Waals surface area contributed by atoms with Gasteiger partial charge in [0.15, 0.2) is 0 Å². The Balaban J connectivity index is 2.83. The van der Waals surface area contributed by atoms with Gasteiger partial charge in [-0.05, 0) is 18.2 Å². The first-order chi connectivity index (χ1) is 9.85. The van der Waals surface area contributed by atoms with Crippen molar-refractivity contribution in [3.05, 3.63) is 28.8 Å². The number of aromatic carboxylic acids is 1. The highest BCUT2D eigenvalue weighted by Crippen LogP contribution is 2.23. The van der Waals surface area contributed by atoms with Crippen LogP contribution in [0.5, 0.6) is 0 Å². The van der Waals surface area contributed by atoms with Crippen molar-refractivity contribution >= 4 is 29.3 Å². The summed E-state index contributed by atoms with van der Waals surface area (Å²) in [6, 6.07) is 2.73. The molecule has 3 N–H and O–H groups in total. The molecule has 0 bridgehead atoms. The van der Waals surface area contributed by atoms with Crippen LogP contribution in [-0.4, -0.2) is 53.2 Å². The molecule has 0 fully saturated rings. The maximum atomic E-state index is 12.3. The number of urea groups is 1. The predicted octanol–water partition coefficient (Wildman–Crippen LogP) is 2.13. The van der Waals surface area contributed by atoms with E-state index in [4.69, 9.17) is 21.8 Å². The molecular weight excluding hydrogens is 310 g/mol.